The van der Waals surface area contributed by atoms with Gasteiger partial charge in [-0.3, -0.25) is 4.79 Å². The Balaban J connectivity index is 1.60. The average molecular weight is 337 g/mol. The van der Waals surface area contributed by atoms with E-state index in [1.165, 1.54) is 0 Å². The zero-order chi connectivity index (χ0) is 17.6. The van der Waals surface area contributed by atoms with Crippen LogP contribution < -0.4 is 4.74 Å². The van der Waals surface area contributed by atoms with Crippen molar-refractivity contribution in [3.05, 3.63) is 59.6 Å². The van der Waals surface area contributed by atoms with Crippen molar-refractivity contribution in [3.8, 4) is 5.88 Å². The summed E-state index contributed by atoms with van der Waals surface area (Å²) in [6.45, 7) is 5.12. The molecule has 0 spiro atoms. The molecule has 0 saturated carbocycles. The summed E-state index contributed by atoms with van der Waals surface area (Å²) in [7, 11) is 0. The van der Waals surface area contributed by atoms with E-state index in [0.717, 1.165) is 30.6 Å². The van der Waals surface area contributed by atoms with Crippen LogP contribution in [0.25, 0.3) is 6.08 Å². The highest BCUT2D eigenvalue weighted by atomic mass is 16.5. The molecule has 3 rings (SSSR count). The van der Waals surface area contributed by atoms with Gasteiger partial charge in [0, 0.05) is 24.4 Å². The number of piperidine rings is 1. The number of ether oxygens (including phenoxy) is 1. The predicted molar refractivity (Wildman–Crippen MR) is 97.2 cm³/mol. The summed E-state index contributed by atoms with van der Waals surface area (Å²) in [4.78, 5) is 22.9. The van der Waals surface area contributed by atoms with Crippen LogP contribution in [0.1, 0.15) is 29.9 Å². The van der Waals surface area contributed by atoms with Crippen molar-refractivity contribution >= 4 is 12.0 Å². The summed E-state index contributed by atoms with van der Waals surface area (Å²) < 4.78 is 5.99. The summed E-state index contributed by atoms with van der Waals surface area (Å²) in [6.07, 6.45) is 5.31. The van der Waals surface area contributed by atoms with Gasteiger partial charge in [-0.1, -0.05) is 30.3 Å². The zero-order valence-corrected chi connectivity index (χ0v) is 14.7. The number of carbonyl (C=O) groups is 1. The van der Waals surface area contributed by atoms with Crippen molar-refractivity contribution < 1.29 is 9.53 Å². The molecule has 1 atom stereocenters. The van der Waals surface area contributed by atoms with E-state index in [4.69, 9.17) is 4.74 Å². The second-order valence-corrected chi connectivity index (χ2v) is 6.31. The third-order valence-electron chi connectivity index (χ3n) is 4.14. The van der Waals surface area contributed by atoms with Gasteiger partial charge in [-0.2, -0.15) is 4.98 Å². The summed E-state index contributed by atoms with van der Waals surface area (Å²) in [5, 5.41) is 0. The van der Waals surface area contributed by atoms with Gasteiger partial charge in [0.15, 0.2) is 0 Å². The molecule has 1 aliphatic heterocycles. The molecule has 0 radical (unpaired) electrons. The van der Waals surface area contributed by atoms with E-state index in [1.807, 2.05) is 61.2 Å². The minimum absolute atomic E-state index is 0.0206. The quantitative estimate of drug-likeness (QED) is 0.804. The van der Waals surface area contributed by atoms with Crippen LogP contribution in [-0.4, -0.2) is 40.0 Å². The molecule has 1 aromatic carbocycles. The summed E-state index contributed by atoms with van der Waals surface area (Å²) in [5.74, 6) is 1.31. The van der Waals surface area contributed by atoms with Gasteiger partial charge in [-0.05, 0) is 38.3 Å². The number of nitrogens with zero attached hydrogens (tertiary/aromatic N) is 3. The largest absolute Gasteiger partial charge is 0.472 e. The Labute approximate surface area is 148 Å². The Morgan fingerprint density at radius 3 is 2.80 bits per heavy atom. The smallest absolute Gasteiger partial charge is 0.246 e. The topological polar surface area (TPSA) is 55.3 Å². The van der Waals surface area contributed by atoms with Crippen molar-refractivity contribution in [3.63, 3.8) is 0 Å². The number of benzene rings is 1. The Hall–Kier alpha value is -2.69. The lowest BCUT2D eigenvalue weighted by Gasteiger charge is -2.32. The summed E-state index contributed by atoms with van der Waals surface area (Å²) in [5.41, 5.74) is 1.91. The van der Waals surface area contributed by atoms with Crippen molar-refractivity contribution in [1.29, 1.82) is 0 Å². The molecule has 5 heteroatoms. The van der Waals surface area contributed by atoms with Gasteiger partial charge in [0.2, 0.25) is 11.8 Å². The van der Waals surface area contributed by atoms with Crippen LogP contribution >= 0.6 is 0 Å². The Morgan fingerprint density at radius 2 is 2.04 bits per heavy atom. The Kier molecular flexibility index (Phi) is 5.43. The lowest BCUT2D eigenvalue weighted by atomic mass is 10.1. The number of carbonyl (C=O) groups excluding carboxylic acids is 1. The third kappa shape index (κ3) is 4.89. The lowest BCUT2D eigenvalue weighted by molar-refractivity contribution is -0.128. The minimum Gasteiger partial charge on any atom is -0.472 e. The number of amides is 1. The number of hydrogen-bond acceptors (Lipinski definition) is 4. The van der Waals surface area contributed by atoms with Gasteiger partial charge in [-0.25, -0.2) is 4.98 Å². The summed E-state index contributed by atoms with van der Waals surface area (Å²) in [6, 6.07) is 11.7. The number of aryl methyl sites for hydroxylation is 2. The van der Waals surface area contributed by atoms with E-state index in [1.54, 1.807) is 6.08 Å². The fraction of sp³-hybridized carbons (Fsp3) is 0.350. The van der Waals surface area contributed by atoms with E-state index in [-0.39, 0.29) is 12.0 Å². The summed E-state index contributed by atoms with van der Waals surface area (Å²) >= 11 is 0. The average Bonchev–Trinajstić information content (AvgIpc) is 2.60. The first-order chi connectivity index (χ1) is 12.1. The van der Waals surface area contributed by atoms with E-state index >= 15 is 0 Å². The maximum Gasteiger partial charge on any atom is 0.246 e. The molecule has 0 N–H and O–H groups in total. The fourth-order valence-electron chi connectivity index (χ4n) is 2.99. The van der Waals surface area contributed by atoms with Crippen LogP contribution in [0.2, 0.25) is 0 Å². The second-order valence-electron chi connectivity index (χ2n) is 6.31. The molecule has 0 bridgehead atoms. The maximum atomic E-state index is 12.4. The molecule has 130 valence electrons. The Bertz CT molecular complexity index is 739. The number of rotatable bonds is 4. The molecule has 2 aromatic rings. The highest BCUT2D eigenvalue weighted by Gasteiger charge is 2.24. The standard InChI is InChI=1S/C20H23N3O2/c1-15-13-19(22-16(2)21-15)25-18-9-6-12-23(14-18)20(24)11-10-17-7-4-3-5-8-17/h3-5,7-8,10-11,13,18H,6,9,12,14H2,1-2H3/b11-10+. The number of aromatic nitrogens is 2. The van der Waals surface area contributed by atoms with Gasteiger partial charge in [0.25, 0.3) is 0 Å². The van der Waals surface area contributed by atoms with Gasteiger partial charge in [0.05, 0.1) is 6.54 Å². The van der Waals surface area contributed by atoms with Gasteiger partial charge >= 0.3 is 0 Å². The molecular weight excluding hydrogens is 314 g/mol. The third-order valence-corrected chi connectivity index (χ3v) is 4.14. The highest BCUT2D eigenvalue weighted by molar-refractivity contribution is 5.91. The van der Waals surface area contributed by atoms with E-state index < -0.39 is 0 Å². The van der Waals surface area contributed by atoms with Crippen LogP contribution in [0.4, 0.5) is 0 Å². The molecule has 1 aromatic heterocycles. The zero-order valence-electron chi connectivity index (χ0n) is 14.7. The molecule has 1 saturated heterocycles. The van der Waals surface area contributed by atoms with Crippen molar-refractivity contribution in [2.24, 2.45) is 0 Å². The van der Waals surface area contributed by atoms with Crippen molar-refractivity contribution in [2.75, 3.05) is 13.1 Å². The normalized spacial score (nSPS) is 17.7. The minimum atomic E-state index is -0.0310. The number of likely N-dealkylation sites (tertiary alicyclic amines) is 1. The van der Waals surface area contributed by atoms with Crippen molar-refractivity contribution in [1.82, 2.24) is 14.9 Å². The van der Waals surface area contributed by atoms with Gasteiger partial charge < -0.3 is 9.64 Å². The first-order valence-corrected chi connectivity index (χ1v) is 8.61. The molecule has 2 heterocycles. The highest BCUT2D eigenvalue weighted by Crippen LogP contribution is 2.18. The molecule has 1 unspecified atom stereocenters. The van der Waals surface area contributed by atoms with Crippen LogP contribution in [0.15, 0.2) is 42.5 Å². The van der Waals surface area contributed by atoms with Gasteiger partial charge in [-0.15, -0.1) is 0 Å². The predicted octanol–water partition coefficient (Wildman–Crippen LogP) is 3.18. The molecule has 1 fully saturated rings. The number of hydrogen-bond donors (Lipinski definition) is 0. The first-order valence-electron chi connectivity index (χ1n) is 8.61. The monoisotopic (exact) mass is 337 g/mol. The van der Waals surface area contributed by atoms with Crippen LogP contribution in [0, 0.1) is 13.8 Å². The molecule has 5 nitrogen and oxygen atoms in total. The second kappa shape index (κ2) is 7.92. The molecule has 1 amide bonds. The van der Waals surface area contributed by atoms with E-state index in [9.17, 15) is 4.79 Å². The maximum absolute atomic E-state index is 12.4. The van der Waals surface area contributed by atoms with E-state index in [0.29, 0.717) is 18.2 Å². The van der Waals surface area contributed by atoms with Crippen LogP contribution in [0.5, 0.6) is 5.88 Å². The van der Waals surface area contributed by atoms with Crippen molar-refractivity contribution in [2.45, 2.75) is 32.8 Å². The van der Waals surface area contributed by atoms with Crippen LogP contribution in [0.3, 0.4) is 0 Å². The van der Waals surface area contributed by atoms with E-state index in [2.05, 4.69) is 9.97 Å². The van der Waals surface area contributed by atoms with Gasteiger partial charge in [0.1, 0.15) is 11.9 Å². The fourth-order valence-corrected chi connectivity index (χ4v) is 2.99. The molecule has 0 aliphatic carbocycles. The van der Waals surface area contributed by atoms with Crippen LogP contribution in [-0.2, 0) is 4.79 Å². The first kappa shape index (κ1) is 17.1. The molecule has 1 aliphatic rings. The SMILES string of the molecule is Cc1cc(OC2CCCN(C(=O)/C=C/c3ccccc3)C2)nc(C)n1. The lowest BCUT2D eigenvalue weighted by Crippen LogP contribution is -2.43. The molecular formula is C20H23N3O2. The Morgan fingerprint density at radius 1 is 1.24 bits per heavy atom. The molecule has 25 heavy (non-hydrogen) atoms.